The van der Waals surface area contributed by atoms with Gasteiger partial charge in [0.25, 0.3) is 0 Å². The average Bonchev–Trinajstić information content (AvgIpc) is 2.55. The fourth-order valence-electron chi connectivity index (χ4n) is 3.90. The van der Waals surface area contributed by atoms with Crippen LogP contribution < -0.4 is 5.32 Å². The highest BCUT2D eigenvalue weighted by Crippen LogP contribution is 2.25. The van der Waals surface area contributed by atoms with E-state index in [9.17, 15) is 0 Å². The lowest BCUT2D eigenvalue weighted by molar-refractivity contribution is -0.0727. The zero-order chi connectivity index (χ0) is 13.7. The highest BCUT2D eigenvalue weighted by atomic mass is 16.5. The molecule has 1 saturated heterocycles. The minimum absolute atomic E-state index is 0.395. The average molecular weight is 268 g/mol. The maximum Gasteiger partial charge on any atom is 0.0678 e. The largest absolute Gasteiger partial charge is 0.373 e. The molecule has 1 saturated carbocycles. The molecule has 0 amide bonds. The van der Waals surface area contributed by atoms with Gasteiger partial charge in [0, 0.05) is 25.7 Å². The minimum atomic E-state index is 0.395. The number of rotatable bonds is 4. The molecule has 0 aromatic carbocycles. The van der Waals surface area contributed by atoms with Crippen LogP contribution in [-0.2, 0) is 4.74 Å². The van der Waals surface area contributed by atoms with Crippen molar-refractivity contribution in [3.8, 4) is 0 Å². The van der Waals surface area contributed by atoms with Gasteiger partial charge in [-0.2, -0.15) is 0 Å². The van der Waals surface area contributed by atoms with Crippen molar-refractivity contribution in [3.05, 3.63) is 0 Å². The first kappa shape index (κ1) is 15.3. The molecule has 0 radical (unpaired) electrons. The minimum Gasteiger partial charge on any atom is -0.373 e. The van der Waals surface area contributed by atoms with Gasteiger partial charge in [0.1, 0.15) is 0 Å². The Morgan fingerprint density at radius 2 is 1.74 bits per heavy atom. The topological polar surface area (TPSA) is 24.5 Å². The van der Waals surface area contributed by atoms with Gasteiger partial charge in [-0.3, -0.25) is 4.90 Å². The van der Waals surface area contributed by atoms with Crippen molar-refractivity contribution in [1.29, 1.82) is 0 Å². The zero-order valence-corrected chi connectivity index (χ0v) is 13.0. The van der Waals surface area contributed by atoms with Crippen LogP contribution in [0.3, 0.4) is 0 Å². The van der Waals surface area contributed by atoms with Crippen molar-refractivity contribution >= 4 is 0 Å². The summed E-state index contributed by atoms with van der Waals surface area (Å²) in [6, 6.07) is 0.737. The lowest BCUT2D eigenvalue weighted by Crippen LogP contribution is -2.49. The molecule has 112 valence electrons. The predicted octanol–water partition coefficient (Wildman–Crippen LogP) is 2.65. The summed E-state index contributed by atoms with van der Waals surface area (Å²) in [5.41, 5.74) is 0. The van der Waals surface area contributed by atoms with E-state index in [0.29, 0.717) is 12.2 Å². The molecule has 19 heavy (non-hydrogen) atoms. The molecule has 2 aliphatic rings. The van der Waals surface area contributed by atoms with E-state index in [-0.39, 0.29) is 0 Å². The first-order chi connectivity index (χ1) is 9.19. The fraction of sp³-hybridized carbons (Fsp3) is 1.00. The zero-order valence-electron chi connectivity index (χ0n) is 13.0. The third kappa shape index (κ3) is 4.73. The SMILES string of the molecule is CCNC1CCCCCC1CN1CC(C)OC(C)C1. The highest BCUT2D eigenvalue weighted by Gasteiger charge is 2.28. The van der Waals surface area contributed by atoms with Crippen LogP contribution in [0.25, 0.3) is 0 Å². The Balaban J connectivity index is 1.90. The van der Waals surface area contributed by atoms with Gasteiger partial charge in [0.15, 0.2) is 0 Å². The second-order valence-corrected chi connectivity index (χ2v) is 6.54. The second-order valence-electron chi connectivity index (χ2n) is 6.54. The molecule has 1 heterocycles. The van der Waals surface area contributed by atoms with Crippen molar-refractivity contribution in [2.24, 2.45) is 5.92 Å². The fourth-order valence-corrected chi connectivity index (χ4v) is 3.90. The van der Waals surface area contributed by atoms with E-state index in [0.717, 1.165) is 31.6 Å². The molecule has 3 heteroatoms. The number of nitrogens with one attached hydrogen (secondary N) is 1. The molecule has 0 bridgehead atoms. The van der Waals surface area contributed by atoms with Gasteiger partial charge in [-0.05, 0) is 39.2 Å². The normalized spacial score (nSPS) is 38.1. The summed E-state index contributed by atoms with van der Waals surface area (Å²) >= 11 is 0. The summed E-state index contributed by atoms with van der Waals surface area (Å²) in [5.74, 6) is 0.833. The molecule has 4 atom stereocenters. The summed E-state index contributed by atoms with van der Waals surface area (Å²) < 4.78 is 5.85. The van der Waals surface area contributed by atoms with Gasteiger partial charge < -0.3 is 10.1 Å². The Kier molecular flexibility index (Phi) is 6.11. The van der Waals surface area contributed by atoms with Crippen molar-refractivity contribution in [2.45, 2.75) is 71.1 Å². The Morgan fingerprint density at radius 1 is 1.05 bits per heavy atom. The highest BCUT2D eigenvalue weighted by molar-refractivity contribution is 4.84. The molecule has 0 aromatic rings. The Hall–Kier alpha value is -0.120. The smallest absolute Gasteiger partial charge is 0.0678 e. The maximum atomic E-state index is 5.85. The van der Waals surface area contributed by atoms with Gasteiger partial charge in [-0.15, -0.1) is 0 Å². The third-order valence-corrected chi connectivity index (χ3v) is 4.61. The van der Waals surface area contributed by atoms with Crippen LogP contribution >= 0.6 is 0 Å². The summed E-state index contributed by atoms with van der Waals surface area (Å²) in [4.78, 5) is 2.64. The van der Waals surface area contributed by atoms with Gasteiger partial charge >= 0.3 is 0 Å². The molecular formula is C16H32N2O. The lowest BCUT2D eigenvalue weighted by Gasteiger charge is -2.38. The van der Waals surface area contributed by atoms with E-state index >= 15 is 0 Å². The van der Waals surface area contributed by atoms with Crippen molar-refractivity contribution in [2.75, 3.05) is 26.2 Å². The van der Waals surface area contributed by atoms with E-state index in [1.54, 1.807) is 0 Å². The number of nitrogens with zero attached hydrogens (tertiary/aromatic N) is 1. The predicted molar refractivity (Wildman–Crippen MR) is 80.5 cm³/mol. The summed E-state index contributed by atoms with van der Waals surface area (Å²) in [5, 5.41) is 3.73. The molecule has 2 rings (SSSR count). The first-order valence-electron chi connectivity index (χ1n) is 8.30. The molecule has 4 unspecified atom stereocenters. The molecule has 0 aromatic heterocycles. The summed E-state index contributed by atoms with van der Waals surface area (Å²) in [7, 11) is 0. The monoisotopic (exact) mass is 268 g/mol. The van der Waals surface area contributed by atoms with Crippen molar-refractivity contribution in [1.82, 2.24) is 10.2 Å². The van der Waals surface area contributed by atoms with Gasteiger partial charge in [0.05, 0.1) is 12.2 Å². The van der Waals surface area contributed by atoms with Gasteiger partial charge in [-0.1, -0.05) is 26.2 Å². The Morgan fingerprint density at radius 3 is 2.42 bits per heavy atom. The lowest BCUT2D eigenvalue weighted by atomic mass is 9.93. The molecular weight excluding hydrogens is 236 g/mol. The van der Waals surface area contributed by atoms with E-state index < -0.39 is 0 Å². The Labute approximate surface area is 119 Å². The van der Waals surface area contributed by atoms with Crippen LogP contribution in [0.15, 0.2) is 0 Å². The first-order valence-corrected chi connectivity index (χ1v) is 8.30. The number of hydrogen-bond acceptors (Lipinski definition) is 3. The molecule has 1 N–H and O–H groups in total. The van der Waals surface area contributed by atoms with E-state index in [1.807, 2.05) is 0 Å². The van der Waals surface area contributed by atoms with Crippen LogP contribution in [-0.4, -0.2) is 49.3 Å². The second kappa shape index (κ2) is 7.61. The van der Waals surface area contributed by atoms with Crippen LogP contribution in [0.1, 0.15) is 52.9 Å². The van der Waals surface area contributed by atoms with Gasteiger partial charge in [-0.25, -0.2) is 0 Å². The van der Waals surface area contributed by atoms with Crippen LogP contribution in [0.5, 0.6) is 0 Å². The van der Waals surface area contributed by atoms with Crippen molar-refractivity contribution < 1.29 is 4.74 Å². The summed E-state index contributed by atoms with van der Waals surface area (Å²) in [6.07, 6.45) is 7.81. The standard InChI is InChI=1S/C16H32N2O/c1-4-17-16-9-7-5-6-8-15(16)12-18-10-13(2)19-14(3)11-18/h13-17H,4-12H2,1-3H3. The molecule has 1 aliphatic heterocycles. The molecule has 1 aliphatic carbocycles. The third-order valence-electron chi connectivity index (χ3n) is 4.61. The van der Waals surface area contributed by atoms with Crippen molar-refractivity contribution in [3.63, 3.8) is 0 Å². The van der Waals surface area contributed by atoms with Crippen LogP contribution in [0, 0.1) is 5.92 Å². The maximum absolute atomic E-state index is 5.85. The Bertz CT molecular complexity index is 249. The molecule has 3 nitrogen and oxygen atoms in total. The van der Waals surface area contributed by atoms with Crippen LogP contribution in [0.2, 0.25) is 0 Å². The molecule has 0 spiro atoms. The number of ether oxygens (including phenoxy) is 1. The number of hydrogen-bond donors (Lipinski definition) is 1. The molecule has 2 fully saturated rings. The number of morpholine rings is 1. The van der Waals surface area contributed by atoms with E-state index in [2.05, 4.69) is 31.0 Å². The van der Waals surface area contributed by atoms with Crippen LogP contribution in [0.4, 0.5) is 0 Å². The van der Waals surface area contributed by atoms with Gasteiger partial charge in [0.2, 0.25) is 0 Å². The summed E-state index contributed by atoms with van der Waals surface area (Å²) in [6.45, 7) is 11.2. The van der Waals surface area contributed by atoms with E-state index in [1.165, 1.54) is 38.6 Å². The van der Waals surface area contributed by atoms with E-state index in [4.69, 9.17) is 4.74 Å². The quantitative estimate of drug-likeness (QED) is 0.793.